The van der Waals surface area contributed by atoms with Crippen LogP contribution in [-0.2, 0) is 6.42 Å². The van der Waals surface area contributed by atoms with Crippen molar-refractivity contribution in [3.05, 3.63) is 172 Å². The van der Waals surface area contributed by atoms with Crippen molar-refractivity contribution in [2.75, 3.05) is 0 Å². The molecule has 7 heteroatoms. The molecule has 1 aliphatic heterocycles. The lowest BCUT2D eigenvalue weighted by Crippen LogP contribution is -2.16. The summed E-state index contributed by atoms with van der Waals surface area (Å²) in [5, 5.41) is 0. The first kappa shape index (κ1) is 41.0. The van der Waals surface area contributed by atoms with Crippen molar-refractivity contribution in [3.63, 3.8) is 0 Å². The lowest BCUT2D eigenvalue weighted by Gasteiger charge is -2.20. The van der Waals surface area contributed by atoms with Gasteiger partial charge in [0.15, 0.2) is 5.82 Å². The van der Waals surface area contributed by atoms with Crippen molar-refractivity contribution < 1.29 is 5.82 Å². The van der Waals surface area contributed by atoms with E-state index in [0.29, 0.717) is 11.4 Å². The van der Waals surface area contributed by atoms with Gasteiger partial charge in [0.05, 0.1) is 34.5 Å². The molecule has 0 N–H and O–H groups in total. The van der Waals surface area contributed by atoms with Crippen molar-refractivity contribution in [2.45, 2.75) is 99.5 Å². The molecule has 0 bridgehead atoms. The molecule has 0 radical (unpaired) electrons. The second kappa shape index (κ2) is 16.5. The highest BCUT2D eigenvalue weighted by Crippen LogP contribution is 2.47. The zero-order chi connectivity index (χ0) is 43.4. The van der Waals surface area contributed by atoms with E-state index in [-0.39, 0.29) is 25.1 Å². The van der Waals surface area contributed by atoms with Gasteiger partial charge in [-0.25, -0.2) is 9.37 Å². The highest BCUT2D eigenvalue weighted by Gasteiger charge is 2.34. The first-order chi connectivity index (χ1) is 30.0. The lowest BCUT2D eigenvalue weighted by atomic mass is 9.83. The van der Waals surface area contributed by atoms with E-state index in [1.54, 1.807) is 6.07 Å². The Labute approximate surface area is 367 Å². The maximum Gasteiger partial charge on any atom is 0.151 e. The Hall–Kier alpha value is -6.34. The molecule has 0 saturated heterocycles. The van der Waals surface area contributed by atoms with E-state index in [4.69, 9.17) is 19.9 Å². The van der Waals surface area contributed by atoms with Crippen LogP contribution >= 0.6 is 0 Å². The number of imidazole rings is 1. The first-order valence-electron chi connectivity index (χ1n) is 22.3. The number of aryl methyl sites for hydroxylation is 3. The fraction of sp³-hybridized carbons (Fsp3) is 0.291. The number of benzene rings is 3. The van der Waals surface area contributed by atoms with Gasteiger partial charge in [-0.2, -0.15) is 0 Å². The molecule has 7 aromatic rings. The molecule has 0 saturated carbocycles. The van der Waals surface area contributed by atoms with Gasteiger partial charge in [-0.1, -0.05) is 88.4 Å². The van der Waals surface area contributed by atoms with E-state index < -0.39 is 0 Å². The highest BCUT2D eigenvalue weighted by molar-refractivity contribution is 5.99. The molecule has 2 aliphatic carbocycles. The average molecular weight is 821 g/mol. The maximum absolute atomic E-state index is 16.0. The molecule has 5 heterocycles. The molecular formula is C55H57FN6. The predicted molar refractivity (Wildman–Crippen MR) is 256 cm³/mol. The Morgan fingerprint density at radius 2 is 1.42 bits per heavy atom. The quantitative estimate of drug-likeness (QED) is 0.145. The van der Waals surface area contributed by atoms with Gasteiger partial charge in [0.2, 0.25) is 0 Å². The summed E-state index contributed by atoms with van der Waals surface area (Å²) in [5.74, 6) is 1.08. The van der Waals surface area contributed by atoms with Crippen molar-refractivity contribution >= 4 is 33.6 Å². The van der Waals surface area contributed by atoms with E-state index in [1.807, 2.05) is 39.4 Å². The number of fused-ring (bicyclic) bond motifs is 4. The molecule has 2 unspecified atom stereocenters. The number of halogens is 1. The summed E-state index contributed by atoms with van der Waals surface area (Å²) in [4.78, 5) is 25.0. The van der Waals surface area contributed by atoms with Gasteiger partial charge < -0.3 is 4.57 Å². The number of aromatic nitrogens is 5. The smallest absolute Gasteiger partial charge is 0.151 e. The van der Waals surface area contributed by atoms with Crippen LogP contribution in [0.3, 0.4) is 0 Å². The van der Waals surface area contributed by atoms with Crippen LogP contribution in [0.25, 0.3) is 44.4 Å². The summed E-state index contributed by atoms with van der Waals surface area (Å²) in [6.45, 7) is 19.1. The topological polar surface area (TPSA) is 68.8 Å². The standard InChI is InChI=1S/C53H49FN6.C2H6.H2/c1-29(2)51-44-25-48(40-17-19-46-42(40)21-36(26-55-46)38-14-10-8-12-31(38)5)56-28-49(44)59-47(51)18-16-34-20-41(35-23-45(54)53-50(24-35)60(30(3)4)33(7)58-53)43-22-37(27-57-52(34)43)39-15-11-9-13-32(39)6;1-2;/h8-15,17,20-30,34,51H,16,18-19H2,1-7H3;1-2H3;1H. The summed E-state index contributed by atoms with van der Waals surface area (Å²) >= 11 is 0. The molecule has 4 aromatic heterocycles. The maximum atomic E-state index is 16.0. The minimum atomic E-state index is -0.301. The number of hydrogen-bond acceptors (Lipinski definition) is 5. The molecule has 0 fully saturated rings. The normalized spacial score (nSPS) is 16.2. The SMILES string of the molecule is CC.Cc1ccccc1-c1cnc2c(c1)C(c1cc3c(cn1)N=C(CCC1C=C(c4cc(F)c5nc(C)n(C(C)C)c5c4)c4cc(-c5ccccc5C)cnc41)C3C(C)C)=CC2.[HH]. The fourth-order valence-electron chi connectivity index (χ4n) is 10.0. The molecule has 10 rings (SSSR count). The third-order valence-electron chi connectivity index (χ3n) is 12.9. The van der Waals surface area contributed by atoms with Crippen LogP contribution in [0.1, 0.15) is 130 Å². The molecule has 62 heavy (non-hydrogen) atoms. The van der Waals surface area contributed by atoms with Crippen molar-refractivity contribution in [2.24, 2.45) is 10.9 Å². The van der Waals surface area contributed by atoms with Crippen LogP contribution in [0.15, 0.2) is 115 Å². The number of hydrogen-bond donors (Lipinski definition) is 0. The largest absolute Gasteiger partial charge is 0.326 e. The van der Waals surface area contributed by atoms with Crippen LogP contribution in [0.2, 0.25) is 0 Å². The van der Waals surface area contributed by atoms with Gasteiger partial charge >= 0.3 is 0 Å². The monoisotopic (exact) mass is 820 g/mol. The zero-order valence-corrected chi connectivity index (χ0v) is 37.4. The van der Waals surface area contributed by atoms with Crippen molar-refractivity contribution in [3.8, 4) is 22.3 Å². The van der Waals surface area contributed by atoms with Gasteiger partial charge in [0.1, 0.15) is 11.3 Å². The Morgan fingerprint density at radius 1 is 0.742 bits per heavy atom. The van der Waals surface area contributed by atoms with Crippen molar-refractivity contribution in [1.82, 2.24) is 24.5 Å². The van der Waals surface area contributed by atoms with Gasteiger partial charge in [0, 0.05) is 71.7 Å². The van der Waals surface area contributed by atoms with E-state index in [9.17, 15) is 0 Å². The van der Waals surface area contributed by atoms with Crippen molar-refractivity contribution in [1.29, 1.82) is 0 Å². The Balaban J connectivity index is 0.00000179. The minimum absolute atomic E-state index is 0. The van der Waals surface area contributed by atoms with E-state index in [2.05, 4.69) is 136 Å². The van der Waals surface area contributed by atoms with Crippen LogP contribution in [0.5, 0.6) is 0 Å². The molecule has 0 amide bonds. The minimum Gasteiger partial charge on any atom is -0.326 e. The van der Waals surface area contributed by atoms with E-state index in [1.165, 1.54) is 28.0 Å². The Morgan fingerprint density at radius 3 is 2.10 bits per heavy atom. The summed E-state index contributed by atoms with van der Waals surface area (Å²) < 4.78 is 18.1. The van der Waals surface area contributed by atoms with E-state index in [0.717, 1.165) is 97.9 Å². The molecule has 3 aromatic carbocycles. The highest BCUT2D eigenvalue weighted by atomic mass is 19.1. The number of allylic oxidation sites excluding steroid dienone is 2. The molecule has 2 atom stereocenters. The summed E-state index contributed by atoms with van der Waals surface area (Å²) in [5.41, 5.74) is 19.9. The summed E-state index contributed by atoms with van der Waals surface area (Å²) in [6.07, 6.45) is 13.0. The molecule has 314 valence electrons. The summed E-state index contributed by atoms with van der Waals surface area (Å²) in [6, 6.07) is 27.6. The van der Waals surface area contributed by atoms with Crippen LogP contribution < -0.4 is 0 Å². The van der Waals surface area contributed by atoms with Gasteiger partial charge in [-0.3, -0.25) is 19.9 Å². The first-order valence-corrected chi connectivity index (χ1v) is 22.3. The number of aliphatic imine (C=N–C) groups is 1. The van der Waals surface area contributed by atoms with Crippen LogP contribution in [-0.4, -0.2) is 30.2 Å². The number of rotatable bonds is 9. The lowest BCUT2D eigenvalue weighted by molar-refractivity contribution is 0.597. The molecule has 3 aliphatic rings. The second-order valence-electron chi connectivity index (χ2n) is 17.5. The molecular weight excluding hydrogens is 764 g/mol. The second-order valence-corrected chi connectivity index (χ2v) is 17.5. The van der Waals surface area contributed by atoms with Gasteiger partial charge in [-0.15, -0.1) is 0 Å². The fourth-order valence-corrected chi connectivity index (χ4v) is 10.0. The van der Waals surface area contributed by atoms with Gasteiger partial charge in [0.25, 0.3) is 0 Å². The van der Waals surface area contributed by atoms with Crippen LogP contribution in [0.4, 0.5) is 10.1 Å². The molecule has 0 spiro atoms. The molecule has 6 nitrogen and oxygen atoms in total. The predicted octanol–water partition coefficient (Wildman–Crippen LogP) is 14.3. The third-order valence-corrected chi connectivity index (χ3v) is 12.9. The summed E-state index contributed by atoms with van der Waals surface area (Å²) in [7, 11) is 0. The Bertz CT molecular complexity index is 2990. The zero-order valence-electron chi connectivity index (χ0n) is 37.4. The van der Waals surface area contributed by atoms with E-state index >= 15 is 4.39 Å². The third kappa shape index (κ3) is 7.11. The Kier molecular flexibility index (Phi) is 10.9. The number of pyridine rings is 3. The van der Waals surface area contributed by atoms with Crippen LogP contribution in [0, 0.1) is 32.5 Å². The number of nitrogens with zero attached hydrogens (tertiary/aromatic N) is 6. The van der Waals surface area contributed by atoms with Gasteiger partial charge in [-0.05, 0) is 123 Å². The average Bonchev–Trinajstić information content (AvgIpc) is 4.04.